The molecule has 2 aromatic heterocycles. The molecule has 318 valence electrons. The minimum atomic E-state index is -0.132. The summed E-state index contributed by atoms with van der Waals surface area (Å²) in [5, 5.41) is 4.67. The van der Waals surface area contributed by atoms with Crippen molar-refractivity contribution in [1.82, 2.24) is 19.9 Å². The Balaban J connectivity index is 0.000000207. The number of alkyl halides is 1. The van der Waals surface area contributed by atoms with Crippen LogP contribution < -0.4 is 30.7 Å². The molecule has 10 nitrogen and oxygen atoms in total. The number of halogens is 4. The van der Waals surface area contributed by atoms with Gasteiger partial charge in [-0.05, 0) is 66.0 Å². The van der Waals surface area contributed by atoms with E-state index >= 15 is 0 Å². The van der Waals surface area contributed by atoms with Gasteiger partial charge in [-0.15, -0.1) is 0 Å². The second-order valence-electron chi connectivity index (χ2n) is 14.5. The normalized spacial score (nSPS) is 20.0. The molecule has 3 N–H and O–H groups in total. The summed E-state index contributed by atoms with van der Waals surface area (Å²) in [7, 11) is 2.92. The largest absolute Gasteiger partial charge is 0.469 e. The molecule has 4 aliphatic rings. The Kier molecular flexibility index (Phi) is 19.1. The van der Waals surface area contributed by atoms with Crippen molar-refractivity contribution in [1.29, 1.82) is 0 Å². The summed E-state index contributed by atoms with van der Waals surface area (Å²) in [4.78, 5) is 40.2. The summed E-state index contributed by atoms with van der Waals surface area (Å²) < 4.78 is 16.4. The Morgan fingerprint density at radius 3 is 1.85 bits per heavy atom. The average Bonchev–Trinajstić information content (AvgIpc) is 3.88. The molecule has 0 spiro atoms. The van der Waals surface area contributed by atoms with E-state index in [1.54, 1.807) is 6.20 Å². The first-order valence-electron chi connectivity index (χ1n) is 19.2. The molecule has 4 aromatic rings. The van der Waals surface area contributed by atoms with Gasteiger partial charge in [-0.1, -0.05) is 105 Å². The van der Waals surface area contributed by atoms with Gasteiger partial charge in [0, 0.05) is 17.2 Å². The number of carbonyl (C=O) groups is 2. The third kappa shape index (κ3) is 12.5. The summed E-state index contributed by atoms with van der Waals surface area (Å²) in [6.07, 6.45) is 17.3. The van der Waals surface area contributed by atoms with Gasteiger partial charge in [0.15, 0.2) is 0 Å². The van der Waals surface area contributed by atoms with Crippen molar-refractivity contribution in [2.75, 3.05) is 24.0 Å². The first-order valence-corrected chi connectivity index (χ1v) is 23.1. The van der Waals surface area contributed by atoms with Gasteiger partial charge in [0.1, 0.15) is 0 Å². The number of esters is 2. The molecular formula is C45H55Cl3IN6O4-. The van der Waals surface area contributed by atoms with Gasteiger partial charge in [-0.3, -0.25) is 4.79 Å². The minimum Gasteiger partial charge on any atom is -0.469 e. The molecule has 2 aromatic carbocycles. The van der Waals surface area contributed by atoms with Crippen molar-refractivity contribution in [2.45, 2.75) is 85.1 Å². The molecule has 8 rings (SSSR count). The minimum absolute atomic E-state index is 0. The van der Waals surface area contributed by atoms with Gasteiger partial charge >= 0.3 is 96.0 Å². The number of rotatable bonds is 8. The number of anilines is 1. The van der Waals surface area contributed by atoms with Crippen LogP contribution in [0.25, 0.3) is 11.1 Å². The molecule has 0 amide bonds. The zero-order valence-electron chi connectivity index (χ0n) is 32.0. The Morgan fingerprint density at radius 2 is 1.27 bits per heavy atom. The van der Waals surface area contributed by atoms with E-state index in [2.05, 4.69) is 56.7 Å². The molecule has 4 atom stereocenters. The van der Waals surface area contributed by atoms with Crippen molar-refractivity contribution in [2.24, 2.45) is 21.7 Å². The maximum atomic E-state index is 11.8. The molecule has 2 heterocycles. The van der Waals surface area contributed by atoms with Crippen LogP contribution in [0.15, 0.2) is 73.1 Å². The maximum Gasteiger partial charge on any atom is 0.308 e. The molecule has 0 radical (unpaired) electrons. The number of nitrogens with two attached hydrogens (primary N) is 1. The number of fused-ring (bicyclic) bond motifs is 2. The zero-order chi connectivity index (χ0) is 40.3. The van der Waals surface area contributed by atoms with Gasteiger partial charge in [0.25, 0.3) is 0 Å². The Morgan fingerprint density at radius 1 is 0.746 bits per heavy atom. The monoisotopic (exact) mass is 975 g/mol. The number of hydrogen-bond acceptors (Lipinski definition) is 10. The second-order valence-corrected chi connectivity index (χ2v) is 17.4. The Bertz CT molecular complexity index is 2120. The number of aromatic nitrogens is 4. The molecule has 4 aliphatic carbocycles. The van der Waals surface area contributed by atoms with Crippen molar-refractivity contribution < 1.29 is 40.5 Å². The van der Waals surface area contributed by atoms with E-state index in [1.165, 1.54) is 49.1 Å². The van der Waals surface area contributed by atoms with Crippen LogP contribution in [0.1, 0.15) is 99.9 Å². The fourth-order valence-electron chi connectivity index (χ4n) is 8.00. The summed E-state index contributed by atoms with van der Waals surface area (Å²) in [6.45, 7) is 0. The molecular weight excluding hydrogens is 922 g/mol. The molecule has 14 heteroatoms. The van der Waals surface area contributed by atoms with Crippen LogP contribution in [-0.4, -0.2) is 56.6 Å². The van der Waals surface area contributed by atoms with Crippen molar-refractivity contribution >= 4 is 63.8 Å². The summed E-state index contributed by atoms with van der Waals surface area (Å²) in [5.74, 6) is 1.18. The van der Waals surface area contributed by atoms with E-state index in [0.29, 0.717) is 27.6 Å². The van der Waals surface area contributed by atoms with Gasteiger partial charge in [0.05, 0.1) is 46.9 Å². The molecule has 2 saturated carbocycles. The maximum absolute atomic E-state index is 11.8. The number of methoxy groups -OCH3 is 2. The molecule has 0 unspecified atom stereocenters. The van der Waals surface area contributed by atoms with Gasteiger partial charge < -0.3 is 10.1 Å². The van der Waals surface area contributed by atoms with E-state index in [9.17, 15) is 9.59 Å². The topological polar surface area (TPSA) is 142 Å². The summed E-state index contributed by atoms with van der Waals surface area (Å²) in [6, 6.07) is 16.7. The van der Waals surface area contributed by atoms with Crippen LogP contribution in [0.4, 0.5) is 5.95 Å². The average molecular weight is 977 g/mol. The number of nitrogens with zero attached hydrogens (tertiary/aromatic N) is 4. The van der Waals surface area contributed by atoms with Gasteiger partial charge in [0.2, 0.25) is 11.2 Å². The number of hydrogen-bond donors (Lipinski definition) is 2. The SMILES string of the molecule is C.C.COC(=O)[C@H]1CCC[C@@H](C[I-]N)C1.COC(=O)[C@H]1CCC[C@@H](Nc2ncc(Cl)c(C3=CCc4ccccc43)n2)C1.Clc1ncc(Cl)c(C2=CCc3ccccc32)n1. The smallest absolute Gasteiger partial charge is 0.308 e. The van der Waals surface area contributed by atoms with Crippen molar-refractivity contribution in [3.63, 3.8) is 0 Å². The van der Waals surface area contributed by atoms with Crippen LogP contribution in [0.2, 0.25) is 15.3 Å². The first kappa shape index (κ1) is 48.1. The van der Waals surface area contributed by atoms with Crippen LogP contribution in [0.5, 0.6) is 0 Å². The Labute approximate surface area is 374 Å². The molecule has 2 fully saturated rings. The standard InChI is InChI=1S/C21H22ClN3O2.C13H8Cl2N2.C9H17INO2.2CH4/c1-27-20(26)14-6-4-7-15(11-14)24-21-23-12-18(22)19(25-21)17-10-9-13-5-2-3-8-16(13)17;14-11-7-16-13(15)17-12(11)10-6-5-8-3-1-2-4-9(8)10;1-13-9(12)8-4-2-3-7(5-8)6-10-11;;/h2-3,5,8,10,12,14-15H,4,6-7,9,11H2,1H3,(H,23,24,25);1-4,6-7H,5H2;7-8H,2-6,11H2,1H3;2*1H4/q;;-1;;/t14-,15+;;7-,8+;;/m0.1../s1. The number of benzene rings is 2. The predicted octanol–water partition coefficient (Wildman–Crippen LogP) is 7.23. The molecule has 59 heavy (non-hydrogen) atoms. The van der Waals surface area contributed by atoms with E-state index < -0.39 is 0 Å². The third-order valence-corrected chi connectivity index (χ3v) is 13.3. The second kappa shape index (κ2) is 23.4. The van der Waals surface area contributed by atoms with Crippen molar-refractivity contribution in [3.8, 4) is 0 Å². The van der Waals surface area contributed by atoms with Crippen LogP contribution in [-0.2, 0) is 31.9 Å². The fourth-order valence-corrected chi connectivity index (χ4v) is 10.0. The van der Waals surface area contributed by atoms with E-state index in [4.69, 9.17) is 53.2 Å². The van der Waals surface area contributed by atoms with E-state index in [-0.39, 0.29) is 71.4 Å². The molecule has 0 aliphatic heterocycles. The zero-order valence-corrected chi connectivity index (χ0v) is 36.5. The fraction of sp³-hybridized carbons (Fsp3) is 0.422. The Hall–Kier alpha value is -3.62. The molecule has 0 bridgehead atoms. The number of nitrogens with one attached hydrogen (secondary N) is 1. The van der Waals surface area contributed by atoms with Crippen LogP contribution in [0, 0.1) is 17.8 Å². The summed E-state index contributed by atoms with van der Waals surface area (Å²) >= 11 is 18.2. The number of allylic oxidation sites excluding steroid dienone is 2. The van der Waals surface area contributed by atoms with E-state index in [1.807, 2.05) is 24.3 Å². The van der Waals surface area contributed by atoms with Gasteiger partial charge in [-0.2, -0.15) is 0 Å². The summed E-state index contributed by atoms with van der Waals surface area (Å²) in [5.41, 5.74) is 8.46. The van der Waals surface area contributed by atoms with Crippen molar-refractivity contribution in [3.05, 3.63) is 122 Å². The number of ether oxygens (including phenoxy) is 2. The van der Waals surface area contributed by atoms with E-state index in [0.717, 1.165) is 79.1 Å². The predicted molar refractivity (Wildman–Crippen MR) is 235 cm³/mol. The quantitative estimate of drug-likeness (QED) is 0.0611. The third-order valence-electron chi connectivity index (χ3n) is 10.8. The van der Waals surface area contributed by atoms with Crippen LogP contribution >= 0.6 is 34.8 Å². The first-order chi connectivity index (χ1) is 27.7. The van der Waals surface area contributed by atoms with Gasteiger partial charge in [-0.25, -0.2) is 19.9 Å². The van der Waals surface area contributed by atoms with Crippen LogP contribution in [0.3, 0.4) is 0 Å². The number of carbonyl (C=O) groups excluding carboxylic acids is 2. The molecule has 0 saturated heterocycles.